The summed E-state index contributed by atoms with van der Waals surface area (Å²) >= 11 is 0. The van der Waals surface area contributed by atoms with Crippen molar-refractivity contribution in [3.8, 4) is 0 Å². The third-order valence-electron chi connectivity index (χ3n) is 2.51. The molecule has 5 nitrogen and oxygen atoms in total. The van der Waals surface area contributed by atoms with E-state index in [-0.39, 0.29) is 0 Å². The summed E-state index contributed by atoms with van der Waals surface area (Å²) in [5.41, 5.74) is -0.572. The summed E-state index contributed by atoms with van der Waals surface area (Å²) in [4.78, 5) is 23.0. The molecular formula is C16H32O5Si2. The van der Waals surface area contributed by atoms with Crippen molar-refractivity contribution in [1.82, 2.24) is 0 Å². The number of esters is 2. The highest BCUT2D eigenvalue weighted by Gasteiger charge is 2.29. The van der Waals surface area contributed by atoms with Crippen molar-refractivity contribution < 1.29 is 23.2 Å². The second-order valence-corrected chi connectivity index (χ2v) is 17.2. The van der Waals surface area contributed by atoms with Crippen molar-refractivity contribution in [3.63, 3.8) is 0 Å². The van der Waals surface area contributed by atoms with Crippen molar-refractivity contribution >= 4 is 28.6 Å². The van der Waals surface area contributed by atoms with Gasteiger partial charge in [-0.2, -0.15) is 0 Å². The standard InChI is InChI=1S/C16H32O5Si2/c1-16(2,3)20-15(18)11-10-14(17)19-12-9-13-23(7,8)21-22(4,5)6/h10-11H,9,12-13H2,1-8H3/b11-10+. The fraction of sp³-hybridized carbons (Fsp3) is 0.750. The van der Waals surface area contributed by atoms with Gasteiger partial charge in [-0.05, 0) is 66.0 Å². The van der Waals surface area contributed by atoms with Gasteiger partial charge in [0.1, 0.15) is 5.60 Å². The van der Waals surface area contributed by atoms with Crippen LogP contribution in [0.15, 0.2) is 12.2 Å². The predicted molar refractivity (Wildman–Crippen MR) is 97.3 cm³/mol. The van der Waals surface area contributed by atoms with Crippen LogP contribution in [-0.4, -0.2) is 40.8 Å². The van der Waals surface area contributed by atoms with Crippen LogP contribution in [0.1, 0.15) is 27.2 Å². The van der Waals surface area contributed by atoms with Crippen molar-refractivity contribution in [2.45, 2.75) is 71.6 Å². The summed E-state index contributed by atoms with van der Waals surface area (Å²) in [6.07, 6.45) is 2.98. The first-order valence-electron chi connectivity index (χ1n) is 7.98. The summed E-state index contributed by atoms with van der Waals surface area (Å²) < 4.78 is 16.4. The summed E-state index contributed by atoms with van der Waals surface area (Å²) in [6, 6.07) is 0.945. The SMILES string of the molecule is CC(C)(C)OC(=O)/C=C/C(=O)OCCC[Si](C)(C)O[Si](C)(C)C. The maximum absolute atomic E-state index is 11.5. The molecule has 23 heavy (non-hydrogen) atoms. The molecule has 0 aliphatic heterocycles. The van der Waals surface area contributed by atoms with Crippen molar-refractivity contribution in [2.75, 3.05) is 6.61 Å². The molecular weight excluding hydrogens is 328 g/mol. The van der Waals surface area contributed by atoms with Crippen LogP contribution in [0, 0.1) is 0 Å². The number of hydrogen-bond acceptors (Lipinski definition) is 5. The van der Waals surface area contributed by atoms with Crippen LogP contribution in [0.25, 0.3) is 0 Å². The molecule has 0 spiro atoms. The normalized spacial score (nSPS) is 13.2. The molecule has 0 aromatic heterocycles. The molecule has 0 saturated carbocycles. The van der Waals surface area contributed by atoms with Crippen LogP contribution in [0.3, 0.4) is 0 Å². The van der Waals surface area contributed by atoms with E-state index < -0.39 is 34.2 Å². The first kappa shape index (κ1) is 22.1. The summed E-state index contributed by atoms with van der Waals surface area (Å²) in [5.74, 6) is -1.08. The molecule has 0 aromatic rings. The Morgan fingerprint density at radius 2 is 1.48 bits per heavy atom. The van der Waals surface area contributed by atoms with Gasteiger partial charge in [0.25, 0.3) is 0 Å². The Hall–Kier alpha value is -0.926. The van der Waals surface area contributed by atoms with Gasteiger partial charge in [0, 0.05) is 12.2 Å². The molecule has 0 fully saturated rings. The van der Waals surface area contributed by atoms with Gasteiger partial charge in [0.05, 0.1) is 6.61 Å². The van der Waals surface area contributed by atoms with Gasteiger partial charge in [0.15, 0.2) is 16.6 Å². The minimum Gasteiger partial charge on any atom is -0.463 e. The molecule has 134 valence electrons. The quantitative estimate of drug-likeness (QED) is 0.284. The number of hydrogen-bond donors (Lipinski definition) is 0. The Kier molecular flexibility index (Phi) is 8.44. The largest absolute Gasteiger partial charge is 0.463 e. The van der Waals surface area contributed by atoms with Gasteiger partial charge in [-0.3, -0.25) is 0 Å². The topological polar surface area (TPSA) is 61.8 Å². The third-order valence-corrected chi connectivity index (χ3v) is 8.73. The Morgan fingerprint density at radius 3 is 1.96 bits per heavy atom. The lowest BCUT2D eigenvalue weighted by Crippen LogP contribution is -2.42. The number of carbonyl (C=O) groups is 2. The molecule has 0 amide bonds. The van der Waals surface area contributed by atoms with E-state index in [0.717, 1.165) is 24.6 Å². The Morgan fingerprint density at radius 1 is 0.957 bits per heavy atom. The maximum atomic E-state index is 11.5. The van der Waals surface area contributed by atoms with E-state index in [1.54, 1.807) is 20.8 Å². The van der Waals surface area contributed by atoms with E-state index >= 15 is 0 Å². The summed E-state index contributed by atoms with van der Waals surface area (Å²) in [5, 5.41) is 0. The average molecular weight is 361 g/mol. The fourth-order valence-electron chi connectivity index (χ4n) is 2.07. The first-order chi connectivity index (χ1) is 10.2. The highest BCUT2D eigenvalue weighted by atomic mass is 28.4. The predicted octanol–water partition coefficient (Wildman–Crippen LogP) is 3.87. The van der Waals surface area contributed by atoms with E-state index in [1.807, 2.05) is 0 Å². The minimum absolute atomic E-state index is 0.336. The van der Waals surface area contributed by atoms with Gasteiger partial charge in [-0.1, -0.05) is 0 Å². The van der Waals surface area contributed by atoms with Crippen LogP contribution in [0.5, 0.6) is 0 Å². The highest BCUT2D eigenvalue weighted by Crippen LogP contribution is 2.19. The molecule has 0 bridgehead atoms. The molecule has 0 N–H and O–H groups in total. The van der Waals surface area contributed by atoms with E-state index in [4.69, 9.17) is 13.6 Å². The molecule has 0 rings (SSSR count). The lowest BCUT2D eigenvalue weighted by Gasteiger charge is -2.31. The molecule has 0 saturated heterocycles. The second-order valence-electron chi connectivity index (χ2n) is 8.11. The highest BCUT2D eigenvalue weighted by molar-refractivity contribution is 6.84. The van der Waals surface area contributed by atoms with Gasteiger partial charge < -0.3 is 13.6 Å². The van der Waals surface area contributed by atoms with Gasteiger partial charge in [0.2, 0.25) is 0 Å². The van der Waals surface area contributed by atoms with E-state index in [2.05, 4.69) is 32.7 Å². The van der Waals surface area contributed by atoms with Crippen LogP contribution >= 0.6 is 0 Å². The molecule has 0 aliphatic rings. The molecule has 7 heteroatoms. The van der Waals surface area contributed by atoms with Crippen LogP contribution in [0.4, 0.5) is 0 Å². The molecule has 0 heterocycles. The maximum Gasteiger partial charge on any atom is 0.331 e. The Bertz CT molecular complexity index is 431. The van der Waals surface area contributed by atoms with E-state index in [9.17, 15) is 9.59 Å². The lowest BCUT2D eigenvalue weighted by molar-refractivity contribution is -0.149. The zero-order valence-corrected chi connectivity index (χ0v) is 17.8. The minimum atomic E-state index is -1.70. The monoisotopic (exact) mass is 360 g/mol. The van der Waals surface area contributed by atoms with Crippen molar-refractivity contribution in [3.05, 3.63) is 12.2 Å². The third kappa shape index (κ3) is 14.4. The zero-order chi connectivity index (χ0) is 18.3. The van der Waals surface area contributed by atoms with Crippen molar-refractivity contribution in [2.24, 2.45) is 0 Å². The van der Waals surface area contributed by atoms with Crippen molar-refractivity contribution in [1.29, 1.82) is 0 Å². The fourth-order valence-corrected chi connectivity index (χ4v) is 10.1. The summed E-state index contributed by atoms with van der Waals surface area (Å²) in [7, 11) is -3.22. The smallest absolute Gasteiger partial charge is 0.331 e. The molecule has 0 radical (unpaired) electrons. The number of rotatable bonds is 8. The first-order valence-corrected chi connectivity index (χ1v) is 14.5. The zero-order valence-electron chi connectivity index (χ0n) is 15.8. The van der Waals surface area contributed by atoms with Gasteiger partial charge in [-0.25, -0.2) is 9.59 Å². The number of carbonyl (C=O) groups excluding carboxylic acids is 2. The van der Waals surface area contributed by atoms with E-state index in [1.165, 1.54) is 0 Å². The Labute approximate surface area is 142 Å². The molecule has 0 aliphatic carbocycles. The molecule has 0 atom stereocenters. The van der Waals surface area contributed by atoms with Gasteiger partial charge >= 0.3 is 11.9 Å². The number of ether oxygens (including phenoxy) is 2. The lowest BCUT2D eigenvalue weighted by atomic mass is 10.2. The summed E-state index contributed by atoms with van der Waals surface area (Å²) in [6.45, 7) is 16.6. The van der Waals surface area contributed by atoms with Crippen LogP contribution in [0.2, 0.25) is 38.8 Å². The van der Waals surface area contributed by atoms with Crippen LogP contribution < -0.4 is 0 Å². The average Bonchev–Trinajstić information content (AvgIpc) is 2.27. The van der Waals surface area contributed by atoms with Crippen LogP contribution in [-0.2, 0) is 23.2 Å². The second kappa shape index (κ2) is 8.79. The molecule has 0 unspecified atom stereocenters. The molecule has 0 aromatic carbocycles. The van der Waals surface area contributed by atoms with E-state index in [0.29, 0.717) is 6.61 Å². The Balaban J connectivity index is 4.06. The van der Waals surface area contributed by atoms with Gasteiger partial charge in [-0.15, -0.1) is 0 Å².